The van der Waals surface area contributed by atoms with Crippen LogP contribution in [0.2, 0.25) is 0 Å². The molecule has 0 aliphatic carbocycles. The molecule has 2 unspecified atom stereocenters. The van der Waals surface area contributed by atoms with E-state index >= 15 is 0 Å². The minimum Gasteiger partial charge on any atom is -0.444 e. The zero-order valence-electron chi connectivity index (χ0n) is 19.2. The van der Waals surface area contributed by atoms with Crippen LogP contribution in [0.25, 0.3) is 11.3 Å². The molecule has 8 heteroatoms. The SMILES string of the molecule is CC(C)C1CCCC(NC(=O)OC(C)(C)C)c2cc(ccn2)-c2c(cnn2C)NC1=O. The first-order valence-electron chi connectivity index (χ1n) is 10.8. The zero-order valence-corrected chi connectivity index (χ0v) is 19.2. The number of nitrogens with one attached hydrogen (secondary N) is 2. The average Bonchev–Trinajstić information content (AvgIpc) is 3.01. The van der Waals surface area contributed by atoms with E-state index in [1.54, 1.807) is 17.1 Å². The number of aryl methyl sites for hydroxylation is 1. The fourth-order valence-corrected chi connectivity index (χ4v) is 3.94. The molecule has 168 valence electrons. The number of hydrogen-bond donors (Lipinski definition) is 2. The minimum atomic E-state index is -0.588. The van der Waals surface area contributed by atoms with Crippen LogP contribution in [0, 0.1) is 11.8 Å². The maximum absolute atomic E-state index is 13.0. The number of hydrogen-bond acceptors (Lipinski definition) is 5. The molecule has 0 radical (unpaired) electrons. The first-order chi connectivity index (χ1) is 14.5. The molecular formula is C23H33N5O3. The van der Waals surface area contributed by atoms with E-state index in [4.69, 9.17) is 4.74 Å². The highest BCUT2D eigenvalue weighted by atomic mass is 16.6. The lowest BCUT2D eigenvalue weighted by atomic mass is 9.88. The summed E-state index contributed by atoms with van der Waals surface area (Å²) in [5.74, 6) is 0.0491. The number of fused-ring (bicyclic) bond motifs is 4. The van der Waals surface area contributed by atoms with E-state index in [-0.39, 0.29) is 23.8 Å². The molecule has 2 amide bonds. The van der Waals surface area contributed by atoms with Gasteiger partial charge >= 0.3 is 6.09 Å². The predicted octanol–water partition coefficient (Wildman–Crippen LogP) is 4.44. The maximum Gasteiger partial charge on any atom is 0.408 e. The summed E-state index contributed by atoms with van der Waals surface area (Å²) in [5.41, 5.74) is 2.51. The number of aromatic nitrogens is 3. The van der Waals surface area contributed by atoms with E-state index in [2.05, 4.69) is 34.6 Å². The molecule has 2 aromatic heterocycles. The Morgan fingerprint density at radius 2 is 2.06 bits per heavy atom. The molecule has 2 aromatic rings. The molecule has 0 saturated carbocycles. The quantitative estimate of drug-likeness (QED) is 0.738. The molecule has 2 bridgehead atoms. The Balaban J connectivity index is 2.01. The van der Waals surface area contributed by atoms with Crippen molar-refractivity contribution in [3.05, 3.63) is 30.2 Å². The lowest BCUT2D eigenvalue weighted by Gasteiger charge is -2.25. The van der Waals surface area contributed by atoms with E-state index in [1.807, 2.05) is 40.0 Å². The summed E-state index contributed by atoms with van der Waals surface area (Å²) >= 11 is 0. The van der Waals surface area contributed by atoms with Gasteiger partial charge in [0.05, 0.1) is 29.3 Å². The molecular weight excluding hydrogens is 394 g/mol. The molecule has 1 aliphatic rings. The van der Waals surface area contributed by atoms with Crippen LogP contribution in [0.15, 0.2) is 24.5 Å². The topological polar surface area (TPSA) is 98.1 Å². The minimum absolute atomic E-state index is 0.00393. The van der Waals surface area contributed by atoms with Gasteiger partial charge in [-0.05, 0) is 51.7 Å². The van der Waals surface area contributed by atoms with Crippen molar-refractivity contribution in [1.29, 1.82) is 0 Å². The molecule has 1 aliphatic heterocycles. The van der Waals surface area contributed by atoms with Crippen LogP contribution in [0.1, 0.15) is 65.6 Å². The Labute approximate surface area is 183 Å². The van der Waals surface area contributed by atoms with Gasteiger partial charge in [0.2, 0.25) is 5.91 Å². The number of amides is 2. The van der Waals surface area contributed by atoms with Crippen LogP contribution in [0.5, 0.6) is 0 Å². The smallest absolute Gasteiger partial charge is 0.408 e. The van der Waals surface area contributed by atoms with Gasteiger partial charge in [-0.3, -0.25) is 14.5 Å². The summed E-state index contributed by atoms with van der Waals surface area (Å²) in [6.07, 6.45) is 5.05. The second kappa shape index (κ2) is 9.08. The number of anilines is 1. The van der Waals surface area contributed by atoms with Crippen LogP contribution < -0.4 is 10.6 Å². The molecule has 2 atom stereocenters. The number of nitrogens with zero attached hydrogens (tertiary/aromatic N) is 3. The van der Waals surface area contributed by atoms with Crippen LogP contribution in [0.4, 0.5) is 10.5 Å². The van der Waals surface area contributed by atoms with Crippen molar-refractivity contribution in [3.8, 4) is 11.3 Å². The van der Waals surface area contributed by atoms with Crippen LogP contribution in [-0.4, -0.2) is 32.4 Å². The Hall–Kier alpha value is -2.90. The molecule has 8 nitrogen and oxygen atoms in total. The molecule has 0 aromatic carbocycles. The maximum atomic E-state index is 13.0. The van der Waals surface area contributed by atoms with Crippen LogP contribution in [0.3, 0.4) is 0 Å². The Kier molecular flexibility index (Phi) is 6.67. The third-order valence-electron chi connectivity index (χ3n) is 5.45. The summed E-state index contributed by atoms with van der Waals surface area (Å²) < 4.78 is 7.21. The predicted molar refractivity (Wildman–Crippen MR) is 119 cm³/mol. The Morgan fingerprint density at radius 3 is 2.74 bits per heavy atom. The van der Waals surface area contributed by atoms with Crippen LogP contribution >= 0.6 is 0 Å². The third kappa shape index (κ3) is 5.62. The van der Waals surface area contributed by atoms with Crippen molar-refractivity contribution in [1.82, 2.24) is 20.1 Å². The van der Waals surface area contributed by atoms with Crippen molar-refractivity contribution >= 4 is 17.7 Å². The van der Waals surface area contributed by atoms with Gasteiger partial charge in [0.1, 0.15) is 5.60 Å². The first-order valence-corrected chi connectivity index (χ1v) is 10.8. The van der Waals surface area contributed by atoms with Crippen molar-refractivity contribution in [3.63, 3.8) is 0 Å². The van der Waals surface area contributed by atoms with E-state index in [9.17, 15) is 9.59 Å². The Morgan fingerprint density at radius 1 is 1.32 bits per heavy atom. The van der Waals surface area contributed by atoms with Crippen molar-refractivity contribution < 1.29 is 14.3 Å². The van der Waals surface area contributed by atoms with Gasteiger partial charge < -0.3 is 15.4 Å². The monoisotopic (exact) mass is 427 g/mol. The molecule has 0 fully saturated rings. The highest BCUT2D eigenvalue weighted by molar-refractivity contribution is 5.96. The number of alkyl carbamates (subject to hydrolysis) is 1. The summed E-state index contributed by atoms with van der Waals surface area (Å²) in [6.45, 7) is 9.62. The Bertz CT molecular complexity index is 945. The lowest BCUT2D eigenvalue weighted by molar-refractivity contribution is -0.121. The van der Waals surface area contributed by atoms with Gasteiger partial charge in [0, 0.05) is 24.7 Å². The van der Waals surface area contributed by atoms with Gasteiger partial charge in [-0.1, -0.05) is 20.3 Å². The normalized spacial score (nSPS) is 19.6. The van der Waals surface area contributed by atoms with E-state index in [0.29, 0.717) is 18.5 Å². The fraction of sp³-hybridized carbons (Fsp3) is 0.565. The van der Waals surface area contributed by atoms with Gasteiger partial charge in [-0.2, -0.15) is 5.10 Å². The van der Waals surface area contributed by atoms with Gasteiger partial charge in [0.25, 0.3) is 0 Å². The largest absolute Gasteiger partial charge is 0.444 e. The second-order valence-corrected chi connectivity index (χ2v) is 9.47. The lowest BCUT2D eigenvalue weighted by Crippen LogP contribution is -2.35. The van der Waals surface area contributed by atoms with Crippen molar-refractivity contribution in [2.24, 2.45) is 18.9 Å². The van der Waals surface area contributed by atoms with Gasteiger partial charge in [-0.15, -0.1) is 0 Å². The molecule has 3 heterocycles. The molecule has 0 saturated heterocycles. The molecule has 2 N–H and O–H groups in total. The second-order valence-electron chi connectivity index (χ2n) is 9.47. The zero-order chi connectivity index (χ0) is 22.8. The number of pyridine rings is 1. The van der Waals surface area contributed by atoms with E-state index < -0.39 is 11.7 Å². The van der Waals surface area contributed by atoms with Crippen molar-refractivity contribution in [2.75, 3.05) is 5.32 Å². The van der Waals surface area contributed by atoms with Gasteiger partial charge in [0.15, 0.2) is 0 Å². The van der Waals surface area contributed by atoms with E-state index in [1.165, 1.54) is 0 Å². The number of rotatable bonds is 2. The van der Waals surface area contributed by atoms with Gasteiger partial charge in [-0.25, -0.2) is 4.79 Å². The number of ether oxygens (including phenoxy) is 1. The third-order valence-corrected chi connectivity index (χ3v) is 5.45. The highest BCUT2D eigenvalue weighted by Crippen LogP contribution is 2.32. The fourth-order valence-electron chi connectivity index (χ4n) is 3.94. The standard InChI is InChI=1S/C23H33N5O3/c1-14(2)16-8-7-9-17(27-22(30)31-23(3,4)5)18-12-15(10-11-24-18)20-19(26-21(16)29)13-25-28(20)6/h10-14,16-17H,7-9H2,1-6H3,(H,26,29)(H,27,30). The summed E-state index contributed by atoms with van der Waals surface area (Å²) in [5, 5.41) is 10.4. The molecule has 31 heavy (non-hydrogen) atoms. The first kappa shape index (κ1) is 22.8. The summed E-state index contributed by atoms with van der Waals surface area (Å²) in [7, 11) is 1.84. The molecule has 0 spiro atoms. The highest BCUT2D eigenvalue weighted by Gasteiger charge is 2.27. The van der Waals surface area contributed by atoms with Crippen LogP contribution in [-0.2, 0) is 16.6 Å². The number of carbonyl (C=O) groups is 2. The molecule has 3 rings (SSSR count). The summed E-state index contributed by atoms with van der Waals surface area (Å²) in [6, 6.07) is 3.50. The number of carbonyl (C=O) groups excluding carboxylic acids is 2. The average molecular weight is 428 g/mol. The van der Waals surface area contributed by atoms with E-state index in [0.717, 1.165) is 23.4 Å². The summed E-state index contributed by atoms with van der Waals surface area (Å²) in [4.78, 5) is 30.1. The van der Waals surface area contributed by atoms with Crippen molar-refractivity contribution in [2.45, 2.75) is 65.5 Å².